The summed E-state index contributed by atoms with van der Waals surface area (Å²) >= 11 is 0. The van der Waals surface area contributed by atoms with E-state index in [1.165, 1.54) is 39.7 Å². The van der Waals surface area contributed by atoms with Crippen LogP contribution < -0.4 is 0 Å². The maximum Gasteiger partial charge on any atom is 1.00 e. The van der Waals surface area contributed by atoms with Crippen LogP contribution in [-0.2, 0) is 4.74 Å². The summed E-state index contributed by atoms with van der Waals surface area (Å²) < 4.78 is 5.59. The van der Waals surface area contributed by atoms with Crippen molar-refractivity contribution in [3.05, 3.63) is 0 Å². The highest BCUT2D eigenvalue weighted by atomic mass is 28.2. The van der Waals surface area contributed by atoms with Crippen LogP contribution in [0.25, 0.3) is 0 Å². The van der Waals surface area contributed by atoms with Crippen molar-refractivity contribution in [2.75, 3.05) is 6.61 Å². The molecular weight excluding hydrogens is 132 g/mol. The Balaban J connectivity index is 0.000000640. The molecule has 1 aliphatic rings. The zero-order valence-corrected chi connectivity index (χ0v) is 9.74. The van der Waals surface area contributed by atoms with Gasteiger partial charge in [0.1, 0.15) is 0 Å². The van der Waals surface area contributed by atoms with Crippen molar-refractivity contribution < 1.29 is 6.16 Å². The molecule has 0 N–H and O–H groups in total. The fourth-order valence-electron chi connectivity index (χ4n) is 1.07. The molecule has 1 rings (SSSR count). The highest BCUT2D eigenvalue weighted by Gasteiger charge is 2.20. The first-order chi connectivity index (χ1) is 3.71. The molecular formula is C5H15OSi2+. The third-order valence-corrected chi connectivity index (χ3v) is 3.24. The molecule has 0 amide bonds. The van der Waals surface area contributed by atoms with Crippen LogP contribution in [0.3, 0.4) is 0 Å². The van der Waals surface area contributed by atoms with Crippen LogP contribution >= 0.6 is 0 Å². The Morgan fingerprint density at radius 3 is 2.38 bits per heavy atom. The largest absolute Gasteiger partial charge is 1.00 e. The van der Waals surface area contributed by atoms with Gasteiger partial charge in [-0.05, 0) is 19.3 Å². The lowest BCUT2D eigenvalue weighted by atomic mass is 10.2. The molecule has 0 bridgehead atoms. The first-order valence-electron chi connectivity index (χ1n) is 3.35. The Kier molecular flexibility index (Phi) is 1.90. The van der Waals surface area contributed by atoms with E-state index in [9.17, 15) is 0 Å². The van der Waals surface area contributed by atoms with Gasteiger partial charge in [0.05, 0.1) is 0 Å². The normalized spacial score (nSPS) is 40.5. The van der Waals surface area contributed by atoms with Crippen molar-refractivity contribution in [2.24, 2.45) is 0 Å². The van der Waals surface area contributed by atoms with E-state index in [-0.39, 0.29) is 1.43 Å². The lowest BCUT2D eigenvalue weighted by molar-refractivity contribution is 0.0383. The minimum atomic E-state index is 0. The summed E-state index contributed by atoms with van der Waals surface area (Å²) in [4.78, 5) is 0.457. The summed E-state index contributed by atoms with van der Waals surface area (Å²) in [6, 6.07) is 0. The molecule has 3 heteroatoms. The molecule has 0 saturated carbocycles. The van der Waals surface area contributed by atoms with Crippen molar-refractivity contribution in [1.29, 1.82) is 0 Å². The van der Waals surface area contributed by atoms with Gasteiger partial charge in [-0.15, -0.1) is 0 Å². The van der Waals surface area contributed by atoms with Crippen LogP contribution in [0, 0.1) is 0 Å². The number of ether oxygens (including phenoxy) is 1. The SMILES string of the molecule is [H+].[SiH3]C1([SiH3])CCCCO1. The molecule has 1 heterocycles. The summed E-state index contributed by atoms with van der Waals surface area (Å²) in [5, 5.41) is 0. The van der Waals surface area contributed by atoms with Crippen molar-refractivity contribution in [3.63, 3.8) is 0 Å². The summed E-state index contributed by atoms with van der Waals surface area (Å²) in [7, 11) is 2.50. The first kappa shape index (κ1) is 6.51. The summed E-state index contributed by atoms with van der Waals surface area (Å²) in [6.07, 6.45) is 4.06. The first-order valence-corrected chi connectivity index (χ1v) is 5.35. The predicted molar refractivity (Wildman–Crippen MR) is 43.5 cm³/mol. The topological polar surface area (TPSA) is 9.23 Å². The highest BCUT2D eigenvalue weighted by Crippen LogP contribution is 2.17. The van der Waals surface area contributed by atoms with Gasteiger partial charge >= 0.3 is 1.43 Å². The van der Waals surface area contributed by atoms with Gasteiger partial charge in [0.25, 0.3) is 0 Å². The molecule has 8 heavy (non-hydrogen) atoms. The fourth-order valence-corrected chi connectivity index (χ4v) is 2.19. The number of hydrogen-bond donors (Lipinski definition) is 0. The Bertz CT molecular complexity index is 79.0. The molecule has 1 aliphatic heterocycles. The highest BCUT2D eigenvalue weighted by molar-refractivity contribution is 6.39. The van der Waals surface area contributed by atoms with E-state index >= 15 is 0 Å². The lowest BCUT2D eigenvalue weighted by Crippen LogP contribution is -2.36. The molecule has 0 atom stereocenters. The Morgan fingerprint density at radius 2 is 2.12 bits per heavy atom. The number of hydrogen-bond acceptors (Lipinski definition) is 1. The van der Waals surface area contributed by atoms with Gasteiger partial charge in [-0.2, -0.15) is 0 Å². The average molecular weight is 147 g/mol. The molecule has 1 saturated heterocycles. The van der Waals surface area contributed by atoms with Gasteiger partial charge in [-0.3, -0.25) is 0 Å². The van der Waals surface area contributed by atoms with E-state index in [1.54, 1.807) is 0 Å². The Hall–Kier alpha value is 0.394. The molecule has 0 aliphatic carbocycles. The van der Waals surface area contributed by atoms with Gasteiger partial charge in [0.2, 0.25) is 0 Å². The third-order valence-electron chi connectivity index (χ3n) is 1.67. The van der Waals surface area contributed by atoms with E-state index in [4.69, 9.17) is 4.74 Å². The van der Waals surface area contributed by atoms with E-state index < -0.39 is 0 Å². The molecule has 0 unspecified atom stereocenters. The van der Waals surface area contributed by atoms with Gasteiger partial charge in [0, 0.05) is 31.9 Å². The average Bonchev–Trinajstić information content (AvgIpc) is 1.65. The van der Waals surface area contributed by atoms with Gasteiger partial charge in [0.15, 0.2) is 0 Å². The van der Waals surface area contributed by atoms with Crippen LogP contribution in [0.5, 0.6) is 0 Å². The van der Waals surface area contributed by atoms with Crippen molar-refractivity contribution in [1.82, 2.24) is 0 Å². The van der Waals surface area contributed by atoms with E-state index in [1.807, 2.05) is 0 Å². The monoisotopic (exact) mass is 147 g/mol. The third kappa shape index (κ3) is 1.72. The molecule has 0 aromatic rings. The fraction of sp³-hybridized carbons (Fsp3) is 1.00. The smallest absolute Gasteiger partial charge is 0.384 e. The van der Waals surface area contributed by atoms with Crippen LogP contribution in [0.4, 0.5) is 0 Å². The number of rotatable bonds is 0. The van der Waals surface area contributed by atoms with E-state index in [0.29, 0.717) is 4.85 Å². The standard InChI is InChI=1S/C5H14OSi2/c7-5(8)3-1-2-4-6-5/h1-4H2,7-8H3/p+1. The maximum absolute atomic E-state index is 5.59. The molecule has 0 spiro atoms. The Labute approximate surface area is 58.1 Å². The van der Waals surface area contributed by atoms with Crippen molar-refractivity contribution in [2.45, 2.75) is 24.1 Å². The van der Waals surface area contributed by atoms with E-state index in [2.05, 4.69) is 0 Å². The lowest BCUT2D eigenvalue weighted by Gasteiger charge is -2.29. The second-order valence-electron chi connectivity index (χ2n) is 3.07. The summed E-state index contributed by atoms with van der Waals surface area (Å²) in [6.45, 7) is 1.03. The summed E-state index contributed by atoms with van der Waals surface area (Å²) in [5.41, 5.74) is 0. The Morgan fingerprint density at radius 1 is 1.38 bits per heavy atom. The molecule has 0 aromatic carbocycles. The van der Waals surface area contributed by atoms with Crippen LogP contribution in [-0.4, -0.2) is 31.9 Å². The second-order valence-corrected chi connectivity index (χ2v) is 9.30. The van der Waals surface area contributed by atoms with Crippen LogP contribution in [0.15, 0.2) is 0 Å². The maximum atomic E-state index is 5.59. The molecule has 0 radical (unpaired) electrons. The summed E-state index contributed by atoms with van der Waals surface area (Å²) in [5.74, 6) is 0. The van der Waals surface area contributed by atoms with Gasteiger partial charge < -0.3 is 4.74 Å². The quantitative estimate of drug-likeness (QED) is 0.386. The minimum absolute atomic E-state index is 0. The zero-order valence-electron chi connectivity index (χ0n) is 6.74. The van der Waals surface area contributed by atoms with Crippen LogP contribution in [0.1, 0.15) is 20.7 Å². The van der Waals surface area contributed by atoms with Crippen molar-refractivity contribution >= 4 is 20.5 Å². The molecule has 1 fully saturated rings. The molecule has 0 aromatic heterocycles. The van der Waals surface area contributed by atoms with Crippen LogP contribution in [0.2, 0.25) is 0 Å². The predicted octanol–water partition coefficient (Wildman–Crippen LogP) is -1.32. The second kappa shape index (κ2) is 2.33. The molecule has 1 nitrogen and oxygen atoms in total. The van der Waals surface area contributed by atoms with Gasteiger partial charge in [-0.25, -0.2) is 0 Å². The van der Waals surface area contributed by atoms with E-state index in [0.717, 1.165) is 6.61 Å². The molecule has 48 valence electrons. The minimum Gasteiger partial charge on any atom is -0.384 e. The zero-order chi connectivity index (χ0) is 6.04. The van der Waals surface area contributed by atoms with Gasteiger partial charge in [-0.1, -0.05) is 0 Å². The van der Waals surface area contributed by atoms with Crippen molar-refractivity contribution in [3.8, 4) is 0 Å².